The summed E-state index contributed by atoms with van der Waals surface area (Å²) >= 11 is 0. The largest absolute Gasteiger partial charge is 0.463 e. The number of esters is 2. The van der Waals surface area contributed by atoms with Gasteiger partial charge in [0.2, 0.25) is 17.3 Å². The number of nitrogens with zero attached hydrogens (tertiary/aromatic N) is 2. The average Bonchev–Trinajstić information content (AvgIpc) is 3.35. The van der Waals surface area contributed by atoms with Crippen LogP contribution in [0.3, 0.4) is 0 Å². The van der Waals surface area contributed by atoms with Crippen molar-refractivity contribution in [3.8, 4) is 0 Å². The van der Waals surface area contributed by atoms with Crippen LogP contribution in [0.25, 0.3) is 0 Å². The number of carbonyl (C=O) groups is 4. The zero-order valence-corrected chi connectivity index (χ0v) is 15.8. The Morgan fingerprint density at radius 3 is 2.69 bits per heavy atom. The molecule has 1 aromatic carbocycles. The van der Waals surface area contributed by atoms with Crippen molar-refractivity contribution in [1.29, 1.82) is 0 Å². The zero-order chi connectivity index (χ0) is 20.8. The SMILES string of the molecule is COC(=O)c1ccc(COC(=O)C23CCC(=O)N2c2ccccc2C(=O)N3C)o1. The standard InChI is InChI=1S/C20H18N2O7/c1-21-17(24)13-5-3-4-6-14(13)22-16(23)9-10-20(21,22)19(26)28-11-12-7-8-15(29-12)18(25)27-2/h3-8H,9-11H2,1-2H3. The van der Waals surface area contributed by atoms with Gasteiger partial charge in [-0.1, -0.05) is 12.1 Å². The molecule has 2 aliphatic rings. The second kappa shape index (κ2) is 6.77. The van der Waals surface area contributed by atoms with Crippen molar-refractivity contribution in [1.82, 2.24) is 4.90 Å². The molecular formula is C20H18N2O7. The van der Waals surface area contributed by atoms with Crippen LogP contribution in [0.15, 0.2) is 40.8 Å². The van der Waals surface area contributed by atoms with E-state index >= 15 is 0 Å². The molecule has 0 bridgehead atoms. The summed E-state index contributed by atoms with van der Waals surface area (Å²) in [5.41, 5.74) is -0.816. The third-order valence-corrected chi connectivity index (χ3v) is 5.26. The fourth-order valence-corrected chi connectivity index (χ4v) is 3.81. The van der Waals surface area contributed by atoms with E-state index in [9.17, 15) is 19.2 Å². The topological polar surface area (TPSA) is 106 Å². The summed E-state index contributed by atoms with van der Waals surface area (Å²) < 4.78 is 15.3. The van der Waals surface area contributed by atoms with E-state index in [1.807, 2.05) is 0 Å². The van der Waals surface area contributed by atoms with Crippen LogP contribution in [0.5, 0.6) is 0 Å². The zero-order valence-electron chi connectivity index (χ0n) is 15.8. The predicted molar refractivity (Wildman–Crippen MR) is 97.8 cm³/mol. The third-order valence-electron chi connectivity index (χ3n) is 5.26. The number of anilines is 1. The second-order valence-electron chi connectivity index (χ2n) is 6.76. The van der Waals surface area contributed by atoms with Crippen molar-refractivity contribution in [2.75, 3.05) is 19.1 Å². The summed E-state index contributed by atoms with van der Waals surface area (Å²) in [5, 5.41) is 0. The summed E-state index contributed by atoms with van der Waals surface area (Å²) in [6, 6.07) is 9.56. The van der Waals surface area contributed by atoms with Crippen LogP contribution in [-0.4, -0.2) is 48.5 Å². The van der Waals surface area contributed by atoms with Crippen LogP contribution in [0.2, 0.25) is 0 Å². The number of para-hydroxylation sites is 1. The Hall–Kier alpha value is -3.62. The first-order valence-corrected chi connectivity index (χ1v) is 8.94. The molecule has 2 amide bonds. The van der Waals surface area contributed by atoms with Gasteiger partial charge in [-0.05, 0) is 24.3 Å². The van der Waals surface area contributed by atoms with Crippen LogP contribution in [0, 0.1) is 0 Å². The molecule has 0 spiro atoms. The number of methoxy groups -OCH3 is 1. The molecule has 0 radical (unpaired) electrons. The maximum absolute atomic E-state index is 13.1. The first-order valence-electron chi connectivity index (χ1n) is 8.94. The molecule has 9 heteroatoms. The number of carbonyl (C=O) groups excluding carboxylic acids is 4. The van der Waals surface area contributed by atoms with Gasteiger partial charge >= 0.3 is 11.9 Å². The Kier molecular flexibility index (Phi) is 4.37. The highest BCUT2D eigenvalue weighted by molar-refractivity contribution is 6.15. The smallest absolute Gasteiger partial charge is 0.373 e. The van der Waals surface area contributed by atoms with Crippen molar-refractivity contribution in [2.24, 2.45) is 0 Å². The molecule has 0 aliphatic carbocycles. The molecule has 0 N–H and O–H groups in total. The predicted octanol–water partition coefficient (Wildman–Crippen LogP) is 1.72. The highest BCUT2D eigenvalue weighted by Crippen LogP contribution is 2.44. The molecule has 0 saturated carbocycles. The highest BCUT2D eigenvalue weighted by atomic mass is 16.6. The van der Waals surface area contributed by atoms with Crippen molar-refractivity contribution in [2.45, 2.75) is 25.1 Å². The van der Waals surface area contributed by atoms with Crippen molar-refractivity contribution < 1.29 is 33.1 Å². The number of benzene rings is 1. The van der Waals surface area contributed by atoms with E-state index in [0.29, 0.717) is 11.3 Å². The Morgan fingerprint density at radius 2 is 1.93 bits per heavy atom. The van der Waals surface area contributed by atoms with Crippen molar-refractivity contribution in [3.05, 3.63) is 53.5 Å². The highest BCUT2D eigenvalue weighted by Gasteiger charge is 2.60. The summed E-state index contributed by atoms with van der Waals surface area (Å²) in [5.74, 6) is -1.81. The number of hydrogen-bond acceptors (Lipinski definition) is 7. The quantitative estimate of drug-likeness (QED) is 0.722. The van der Waals surface area contributed by atoms with Gasteiger partial charge in [-0.15, -0.1) is 0 Å². The normalized spacial score (nSPS) is 20.3. The first-order chi connectivity index (χ1) is 13.9. The van der Waals surface area contributed by atoms with E-state index in [2.05, 4.69) is 4.74 Å². The van der Waals surface area contributed by atoms with Crippen molar-refractivity contribution >= 4 is 29.4 Å². The third kappa shape index (κ3) is 2.69. The minimum atomic E-state index is -1.56. The Balaban J connectivity index is 1.63. The van der Waals surface area contributed by atoms with E-state index in [-0.39, 0.29) is 42.8 Å². The Morgan fingerprint density at radius 1 is 1.17 bits per heavy atom. The van der Waals surface area contributed by atoms with Gasteiger partial charge in [0.1, 0.15) is 12.4 Å². The molecule has 1 fully saturated rings. The van der Waals surface area contributed by atoms with E-state index < -0.39 is 17.6 Å². The van der Waals surface area contributed by atoms with Crippen LogP contribution >= 0.6 is 0 Å². The molecule has 4 rings (SSSR count). The van der Waals surface area contributed by atoms with E-state index in [1.54, 1.807) is 24.3 Å². The number of likely N-dealkylation sites (N-methyl/N-ethyl adjacent to an activating group) is 1. The Bertz CT molecular complexity index is 1030. The molecule has 1 atom stereocenters. The number of furan rings is 1. The minimum Gasteiger partial charge on any atom is -0.463 e. The second-order valence-corrected chi connectivity index (χ2v) is 6.76. The van der Waals surface area contributed by atoms with Gasteiger partial charge in [0.25, 0.3) is 5.91 Å². The fourth-order valence-electron chi connectivity index (χ4n) is 3.81. The van der Waals surface area contributed by atoms with Gasteiger partial charge in [0, 0.05) is 19.9 Å². The van der Waals surface area contributed by atoms with Gasteiger partial charge in [-0.25, -0.2) is 9.59 Å². The molecule has 1 saturated heterocycles. The van der Waals surface area contributed by atoms with Crippen LogP contribution in [0.4, 0.5) is 5.69 Å². The van der Waals surface area contributed by atoms with Crippen LogP contribution < -0.4 is 4.90 Å². The average molecular weight is 398 g/mol. The summed E-state index contributed by atoms with van der Waals surface area (Å²) in [4.78, 5) is 52.7. The van der Waals surface area contributed by atoms with Gasteiger partial charge in [-0.2, -0.15) is 0 Å². The van der Waals surface area contributed by atoms with E-state index in [0.717, 1.165) is 0 Å². The van der Waals surface area contributed by atoms with Crippen molar-refractivity contribution in [3.63, 3.8) is 0 Å². The molecule has 150 valence electrons. The molecule has 1 unspecified atom stereocenters. The van der Waals surface area contributed by atoms with Gasteiger partial charge in [0.15, 0.2) is 0 Å². The van der Waals surface area contributed by atoms with Gasteiger partial charge < -0.3 is 18.8 Å². The lowest BCUT2D eigenvalue weighted by Gasteiger charge is -2.46. The molecular weight excluding hydrogens is 380 g/mol. The van der Waals surface area contributed by atoms with Gasteiger partial charge in [0.05, 0.1) is 18.4 Å². The number of rotatable bonds is 4. The molecule has 3 heterocycles. The summed E-state index contributed by atoms with van der Waals surface area (Å²) in [6.45, 7) is -0.261. The van der Waals surface area contributed by atoms with Gasteiger partial charge in [-0.3, -0.25) is 14.5 Å². The summed E-state index contributed by atoms with van der Waals surface area (Å²) in [7, 11) is 2.70. The maximum atomic E-state index is 13.1. The minimum absolute atomic E-state index is 0.0201. The lowest BCUT2D eigenvalue weighted by Crippen LogP contribution is -2.67. The number of ether oxygens (including phenoxy) is 2. The molecule has 2 aliphatic heterocycles. The number of fused-ring (bicyclic) bond motifs is 3. The molecule has 9 nitrogen and oxygen atoms in total. The monoisotopic (exact) mass is 398 g/mol. The molecule has 29 heavy (non-hydrogen) atoms. The Labute approximate surface area is 165 Å². The van der Waals surface area contributed by atoms with Crippen LogP contribution in [-0.2, 0) is 25.7 Å². The number of amides is 2. The lowest BCUT2D eigenvalue weighted by molar-refractivity contribution is -0.158. The maximum Gasteiger partial charge on any atom is 0.373 e. The van der Waals surface area contributed by atoms with E-state index in [1.165, 1.54) is 36.1 Å². The fraction of sp³-hybridized carbons (Fsp3) is 0.300. The molecule has 1 aromatic heterocycles. The van der Waals surface area contributed by atoms with Crippen LogP contribution in [0.1, 0.15) is 39.5 Å². The summed E-state index contributed by atoms with van der Waals surface area (Å²) in [6.07, 6.45) is 0.223. The first kappa shape index (κ1) is 18.7. The molecule has 2 aromatic rings. The van der Waals surface area contributed by atoms with E-state index in [4.69, 9.17) is 9.15 Å². The number of hydrogen-bond donors (Lipinski definition) is 0. The lowest BCUT2D eigenvalue weighted by atomic mass is 9.97.